The number of alkyl halides is 1. The van der Waals surface area contributed by atoms with Crippen molar-refractivity contribution >= 4 is 22.4 Å². The molecule has 0 fully saturated rings. The normalized spacial score (nSPS) is 12.3. The third-order valence-electron chi connectivity index (χ3n) is 3.55. The Bertz CT molecular complexity index is 785. The first-order valence-corrected chi connectivity index (χ1v) is 7.09. The van der Waals surface area contributed by atoms with Crippen molar-refractivity contribution in [3.8, 4) is 5.75 Å². The van der Waals surface area contributed by atoms with Gasteiger partial charge < -0.3 is 4.74 Å². The Hall–Kier alpha value is -2.06. The molecule has 3 heteroatoms. The average Bonchev–Trinajstić information content (AvgIpc) is 2.53. The van der Waals surface area contributed by atoms with E-state index in [-0.39, 0.29) is 5.82 Å². The smallest absolute Gasteiger partial charge is 0.131 e. The van der Waals surface area contributed by atoms with E-state index >= 15 is 0 Å². The number of methoxy groups -OCH3 is 1. The molecule has 21 heavy (non-hydrogen) atoms. The van der Waals surface area contributed by atoms with Crippen LogP contribution in [0.1, 0.15) is 16.5 Å². The van der Waals surface area contributed by atoms with Gasteiger partial charge in [-0.2, -0.15) is 0 Å². The molecular weight excluding hydrogens is 287 g/mol. The van der Waals surface area contributed by atoms with Crippen LogP contribution < -0.4 is 4.74 Å². The van der Waals surface area contributed by atoms with E-state index in [2.05, 4.69) is 0 Å². The van der Waals surface area contributed by atoms with Gasteiger partial charge in [-0.15, -0.1) is 11.6 Å². The van der Waals surface area contributed by atoms with Crippen molar-refractivity contribution in [2.75, 3.05) is 7.11 Å². The fourth-order valence-corrected chi connectivity index (χ4v) is 2.70. The van der Waals surface area contributed by atoms with Crippen LogP contribution in [0, 0.1) is 5.82 Å². The lowest BCUT2D eigenvalue weighted by atomic mass is 10.0. The molecular formula is C18H14ClFO. The van der Waals surface area contributed by atoms with E-state index in [1.165, 1.54) is 13.2 Å². The number of hydrogen-bond donors (Lipinski definition) is 0. The lowest BCUT2D eigenvalue weighted by molar-refractivity contribution is 0.411. The van der Waals surface area contributed by atoms with Crippen LogP contribution in [0.2, 0.25) is 0 Å². The Morgan fingerprint density at radius 2 is 1.71 bits per heavy atom. The van der Waals surface area contributed by atoms with Gasteiger partial charge in [-0.25, -0.2) is 4.39 Å². The monoisotopic (exact) mass is 300 g/mol. The summed E-state index contributed by atoms with van der Waals surface area (Å²) < 4.78 is 19.1. The molecule has 0 spiro atoms. The largest absolute Gasteiger partial charge is 0.497 e. The van der Waals surface area contributed by atoms with E-state index in [1.54, 1.807) is 12.1 Å². The molecule has 1 nitrogen and oxygen atoms in total. The maximum Gasteiger partial charge on any atom is 0.131 e. The molecule has 0 heterocycles. The number of halogens is 2. The maximum atomic E-state index is 14.1. The topological polar surface area (TPSA) is 9.23 Å². The Morgan fingerprint density at radius 1 is 0.952 bits per heavy atom. The molecule has 0 amide bonds. The summed E-state index contributed by atoms with van der Waals surface area (Å²) in [6.07, 6.45) is 0. The van der Waals surface area contributed by atoms with Gasteiger partial charge >= 0.3 is 0 Å². The van der Waals surface area contributed by atoms with E-state index in [0.717, 1.165) is 16.3 Å². The molecule has 3 rings (SSSR count). The number of hydrogen-bond acceptors (Lipinski definition) is 1. The van der Waals surface area contributed by atoms with Crippen molar-refractivity contribution < 1.29 is 9.13 Å². The third kappa shape index (κ3) is 2.72. The van der Waals surface area contributed by atoms with Gasteiger partial charge in [0, 0.05) is 11.6 Å². The number of fused-ring (bicyclic) bond motifs is 1. The Labute approximate surface area is 127 Å². The van der Waals surface area contributed by atoms with Gasteiger partial charge in [0.05, 0.1) is 12.5 Å². The summed E-state index contributed by atoms with van der Waals surface area (Å²) >= 11 is 6.45. The quantitative estimate of drug-likeness (QED) is 0.595. The van der Waals surface area contributed by atoms with Crippen LogP contribution in [0.5, 0.6) is 5.75 Å². The first-order valence-electron chi connectivity index (χ1n) is 6.65. The molecule has 0 saturated heterocycles. The van der Waals surface area contributed by atoms with Crippen LogP contribution in [-0.4, -0.2) is 7.11 Å². The zero-order valence-corrected chi connectivity index (χ0v) is 12.3. The fourth-order valence-electron chi connectivity index (χ4n) is 2.39. The second kappa shape index (κ2) is 5.74. The minimum atomic E-state index is -0.527. The van der Waals surface area contributed by atoms with Gasteiger partial charge in [-0.1, -0.05) is 42.5 Å². The van der Waals surface area contributed by atoms with Crippen molar-refractivity contribution in [2.24, 2.45) is 0 Å². The summed E-state index contributed by atoms with van der Waals surface area (Å²) in [5.74, 6) is 0.126. The Kier molecular flexibility index (Phi) is 3.80. The van der Waals surface area contributed by atoms with Gasteiger partial charge in [0.25, 0.3) is 0 Å². The Balaban J connectivity index is 2.01. The number of rotatable bonds is 3. The summed E-state index contributed by atoms with van der Waals surface area (Å²) in [5.41, 5.74) is 1.33. The fraction of sp³-hybridized carbons (Fsp3) is 0.111. The van der Waals surface area contributed by atoms with Crippen LogP contribution in [0.25, 0.3) is 10.8 Å². The SMILES string of the molecule is COc1ccc(C(Cl)c2ccc3ccccc3c2)c(F)c1. The van der Waals surface area contributed by atoms with Crippen molar-refractivity contribution in [3.05, 3.63) is 77.6 Å². The standard InChI is InChI=1S/C18H14ClFO/c1-21-15-8-9-16(17(20)11-15)18(19)14-7-6-12-4-2-3-5-13(12)10-14/h2-11,18H,1H3. The number of ether oxygens (including phenoxy) is 1. The van der Waals surface area contributed by atoms with E-state index in [9.17, 15) is 4.39 Å². The van der Waals surface area contributed by atoms with Gasteiger partial charge in [-0.3, -0.25) is 0 Å². The lowest BCUT2D eigenvalue weighted by Crippen LogP contribution is -1.98. The molecule has 0 radical (unpaired) electrons. The van der Waals surface area contributed by atoms with Gasteiger partial charge in [-0.05, 0) is 28.5 Å². The third-order valence-corrected chi connectivity index (χ3v) is 4.03. The molecule has 1 atom stereocenters. The predicted molar refractivity (Wildman–Crippen MR) is 84.6 cm³/mol. The minimum Gasteiger partial charge on any atom is -0.497 e. The van der Waals surface area contributed by atoms with E-state index < -0.39 is 5.38 Å². The van der Waals surface area contributed by atoms with Crippen LogP contribution in [0.4, 0.5) is 4.39 Å². The highest BCUT2D eigenvalue weighted by Gasteiger charge is 2.16. The summed E-state index contributed by atoms with van der Waals surface area (Å²) in [4.78, 5) is 0. The molecule has 0 aliphatic carbocycles. The van der Waals surface area contributed by atoms with Crippen LogP contribution in [0.15, 0.2) is 60.7 Å². The molecule has 1 unspecified atom stereocenters. The van der Waals surface area contributed by atoms with Crippen molar-refractivity contribution in [2.45, 2.75) is 5.38 Å². The molecule has 0 bridgehead atoms. The molecule has 106 valence electrons. The lowest BCUT2D eigenvalue weighted by Gasteiger charge is -2.13. The summed E-state index contributed by atoms with van der Waals surface area (Å²) in [5, 5.41) is 1.70. The molecule has 0 aliphatic heterocycles. The highest BCUT2D eigenvalue weighted by Crippen LogP contribution is 2.33. The van der Waals surface area contributed by atoms with Crippen molar-refractivity contribution in [1.82, 2.24) is 0 Å². The average molecular weight is 301 g/mol. The minimum absolute atomic E-state index is 0.359. The van der Waals surface area contributed by atoms with Gasteiger partial charge in [0.1, 0.15) is 11.6 Å². The molecule has 0 saturated carbocycles. The van der Waals surface area contributed by atoms with Crippen molar-refractivity contribution in [3.63, 3.8) is 0 Å². The highest BCUT2D eigenvalue weighted by molar-refractivity contribution is 6.22. The van der Waals surface area contributed by atoms with Crippen molar-refractivity contribution in [1.29, 1.82) is 0 Å². The van der Waals surface area contributed by atoms with E-state index in [4.69, 9.17) is 16.3 Å². The van der Waals surface area contributed by atoms with Gasteiger partial charge in [0.15, 0.2) is 0 Å². The molecule has 0 N–H and O–H groups in total. The second-order valence-corrected chi connectivity index (χ2v) is 5.29. The molecule has 3 aromatic rings. The summed E-state index contributed by atoms with van der Waals surface area (Å²) in [6, 6.07) is 18.7. The highest BCUT2D eigenvalue weighted by atomic mass is 35.5. The molecule has 0 aliphatic rings. The van der Waals surface area contributed by atoms with Crippen LogP contribution >= 0.6 is 11.6 Å². The zero-order valence-electron chi connectivity index (χ0n) is 11.5. The summed E-state index contributed by atoms with van der Waals surface area (Å²) in [6.45, 7) is 0. The Morgan fingerprint density at radius 3 is 2.43 bits per heavy atom. The van der Waals surface area contributed by atoms with E-state index in [1.807, 2.05) is 42.5 Å². The van der Waals surface area contributed by atoms with Crippen LogP contribution in [0.3, 0.4) is 0 Å². The number of benzene rings is 3. The van der Waals surface area contributed by atoms with Crippen LogP contribution in [-0.2, 0) is 0 Å². The van der Waals surface area contributed by atoms with E-state index in [0.29, 0.717) is 11.3 Å². The first-order chi connectivity index (χ1) is 10.2. The maximum absolute atomic E-state index is 14.1. The zero-order chi connectivity index (χ0) is 14.8. The summed E-state index contributed by atoms with van der Waals surface area (Å²) in [7, 11) is 1.51. The van der Waals surface area contributed by atoms with Gasteiger partial charge in [0.2, 0.25) is 0 Å². The predicted octanol–water partition coefficient (Wildman–Crippen LogP) is 5.32. The molecule has 0 aromatic heterocycles. The second-order valence-electron chi connectivity index (χ2n) is 4.86. The first kappa shape index (κ1) is 13.9. The molecule has 3 aromatic carbocycles.